The first-order valence-corrected chi connectivity index (χ1v) is 5.75. The van der Waals surface area contributed by atoms with Gasteiger partial charge in [0, 0.05) is 17.7 Å². The summed E-state index contributed by atoms with van der Waals surface area (Å²) in [5, 5.41) is 12.7. The van der Waals surface area contributed by atoms with Crippen molar-refractivity contribution in [2.75, 3.05) is 13.1 Å². The number of benzene rings is 1. The van der Waals surface area contributed by atoms with Crippen LogP contribution < -0.4 is 5.32 Å². The topological polar surface area (TPSA) is 110 Å². The lowest BCUT2D eigenvalue weighted by Crippen LogP contribution is -2.53. The first-order valence-electron chi connectivity index (χ1n) is 5.75. The molecule has 1 aromatic carbocycles. The van der Waals surface area contributed by atoms with Gasteiger partial charge in [0.2, 0.25) is 11.8 Å². The molecule has 0 saturated carbocycles. The molecular formula is C12H11N3O5. The molecule has 1 fully saturated rings. The average molecular weight is 277 g/mol. The van der Waals surface area contributed by atoms with Crippen molar-refractivity contribution in [2.45, 2.75) is 6.92 Å². The van der Waals surface area contributed by atoms with E-state index >= 15 is 0 Å². The van der Waals surface area contributed by atoms with Gasteiger partial charge in [-0.1, -0.05) is 0 Å². The number of piperazine rings is 1. The number of aryl methyl sites for hydroxylation is 1. The molecule has 1 aliphatic heterocycles. The maximum atomic E-state index is 12.2. The van der Waals surface area contributed by atoms with Crippen molar-refractivity contribution < 1.29 is 19.3 Å². The SMILES string of the molecule is Cc1cc([N+](=O)[O-])ccc1C(=O)N1CC(=O)NC(=O)C1. The maximum Gasteiger partial charge on any atom is 0.269 e. The second-order valence-electron chi connectivity index (χ2n) is 4.39. The summed E-state index contributed by atoms with van der Waals surface area (Å²) >= 11 is 0. The van der Waals surface area contributed by atoms with Gasteiger partial charge in [-0.05, 0) is 18.6 Å². The number of carbonyl (C=O) groups excluding carboxylic acids is 3. The van der Waals surface area contributed by atoms with Crippen LogP contribution in [0.4, 0.5) is 5.69 Å². The van der Waals surface area contributed by atoms with Gasteiger partial charge in [-0.15, -0.1) is 0 Å². The highest BCUT2D eigenvalue weighted by Gasteiger charge is 2.28. The molecule has 0 unspecified atom stereocenters. The zero-order valence-corrected chi connectivity index (χ0v) is 10.6. The van der Waals surface area contributed by atoms with E-state index in [1.165, 1.54) is 18.2 Å². The molecule has 104 valence electrons. The van der Waals surface area contributed by atoms with Gasteiger partial charge in [0.1, 0.15) is 13.1 Å². The molecule has 0 aliphatic carbocycles. The summed E-state index contributed by atoms with van der Waals surface area (Å²) in [4.78, 5) is 45.9. The van der Waals surface area contributed by atoms with Gasteiger partial charge >= 0.3 is 0 Å². The zero-order chi connectivity index (χ0) is 14.9. The Labute approximate surface area is 113 Å². The van der Waals surface area contributed by atoms with Crippen molar-refractivity contribution in [2.24, 2.45) is 0 Å². The van der Waals surface area contributed by atoms with Crippen LogP contribution in [0.15, 0.2) is 18.2 Å². The molecular weight excluding hydrogens is 266 g/mol. The Morgan fingerprint density at radius 1 is 1.30 bits per heavy atom. The monoisotopic (exact) mass is 277 g/mol. The van der Waals surface area contributed by atoms with E-state index in [0.29, 0.717) is 5.56 Å². The fourth-order valence-electron chi connectivity index (χ4n) is 1.95. The number of hydrogen-bond acceptors (Lipinski definition) is 5. The fourth-order valence-corrected chi connectivity index (χ4v) is 1.95. The second-order valence-corrected chi connectivity index (χ2v) is 4.39. The van der Waals surface area contributed by atoms with Crippen LogP contribution in [0.25, 0.3) is 0 Å². The van der Waals surface area contributed by atoms with E-state index in [1.54, 1.807) is 6.92 Å². The molecule has 8 nitrogen and oxygen atoms in total. The standard InChI is InChI=1S/C12H11N3O5/c1-7-4-8(15(19)20)2-3-9(7)12(18)14-5-10(16)13-11(17)6-14/h2-4H,5-6H2,1H3,(H,13,16,17). The van der Waals surface area contributed by atoms with Gasteiger partial charge < -0.3 is 4.90 Å². The van der Waals surface area contributed by atoms with Crippen LogP contribution in [0.5, 0.6) is 0 Å². The molecule has 20 heavy (non-hydrogen) atoms. The van der Waals surface area contributed by atoms with Gasteiger partial charge in [-0.25, -0.2) is 0 Å². The largest absolute Gasteiger partial charge is 0.320 e. The number of nitrogens with one attached hydrogen (secondary N) is 1. The van der Waals surface area contributed by atoms with Crippen molar-refractivity contribution in [1.29, 1.82) is 0 Å². The quantitative estimate of drug-likeness (QED) is 0.465. The summed E-state index contributed by atoms with van der Waals surface area (Å²) in [6.07, 6.45) is 0. The number of nitro groups is 1. The minimum Gasteiger partial charge on any atom is -0.320 e. The Balaban J connectivity index is 2.27. The molecule has 2 rings (SSSR count). The number of nitro benzene ring substituents is 1. The number of nitrogens with zero attached hydrogens (tertiary/aromatic N) is 2. The number of non-ortho nitro benzene ring substituents is 1. The fraction of sp³-hybridized carbons (Fsp3) is 0.250. The van der Waals surface area contributed by atoms with E-state index in [9.17, 15) is 24.5 Å². The minimum atomic E-state index is -0.556. The van der Waals surface area contributed by atoms with E-state index in [0.717, 1.165) is 4.90 Å². The van der Waals surface area contributed by atoms with Gasteiger partial charge in [0.15, 0.2) is 0 Å². The third-order valence-electron chi connectivity index (χ3n) is 2.89. The molecule has 1 aliphatic rings. The van der Waals surface area contributed by atoms with Crippen LogP contribution >= 0.6 is 0 Å². The van der Waals surface area contributed by atoms with E-state index in [-0.39, 0.29) is 24.3 Å². The molecule has 3 amide bonds. The molecule has 0 bridgehead atoms. The zero-order valence-electron chi connectivity index (χ0n) is 10.6. The van der Waals surface area contributed by atoms with Crippen molar-refractivity contribution in [3.63, 3.8) is 0 Å². The normalized spacial score (nSPS) is 14.9. The average Bonchev–Trinajstić information content (AvgIpc) is 2.36. The summed E-state index contributed by atoms with van der Waals surface area (Å²) < 4.78 is 0. The summed E-state index contributed by atoms with van der Waals surface area (Å²) in [5.74, 6) is -1.59. The first kappa shape index (κ1) is 13.7. The van der Waals surface area contributed by atoms with E-state index in [4.69, 9.17) is 0 Å². The Hall–Kier alpha value is -2.77. The number of carbonyl (C=O) groups is 3. The summed E-state index contributed by atoms with van der Waals surface area (Å²) in [7, 11) is 0. The van der Waals surface area contributed by atoms with Crippen molar-refractivity contribution in [3.05, 3.63) is 39.4 Å². The number of rotatable bonds is 2. The highest BCUT2D eigenvalue weighted by atomic mass is 16.6. The summed E-state index contributed by atoms with van der Waals surface area (Å²) in [6.45, 7) is 1.15. The molecule has 1 saturated heterocycles. The van der Waals surface area contributed by atoms with Crippen LogP contribution in [0.3, 0.4) is 0 Å². The number of amides is 3. The predicted molar refractivity (Wildman–Crippen MR) is 66.9 cm³/mol. The molecule has 0 atom stereocenters. The van der Waals surface area contributed by atoms with Gasteiger partial charge in [0.25, 0.3) is 11.6 Å². The molecule has 0 radical (unpaired) electrons. The smallest absolute Gasteiger partial charge is 0.269 e. The lowest BCUT2D eigenvalue weighted by atomic mass is 10.1. The van der Waals surface area contributed by atoms with E-state index < -0.39 is 22.6 Å². The summed E-state index contributed by atoms with van der Waals surface area (Å²) in [5.41, 5.74) is 0.534. The number of hydrogen-bond donors (Lipinski definition) is 1. The van der Waals surface area contributed by atoms with E-state index in [1.807, 2.05) is 0 Å². The van der Waals surface area contributed by atoms with E-state index in [2.05, 4.69) is 5.32 Å². The second kappa shape index (κ2) is 5.08. The molecule has 0 aromatic heterocycles. The predicted octanol–water partition coefficient (Wildman–Crippen LogP) is 0.00182. The molecule has 1 N–H and O–H groups in total. The third-order valence-corrected chi connectivity index (χ3v) is 2.89. The van der Waals surface area contributed by atoms with Crippen LogP contribution in [0, 0.1) is 17.0 Å². The minimum absolute atomic E-state index is 0.119. The van der Waals surface area contributed by atoms with Gasteiger partial charge in [-0.3, -0.25) is 29.8 Å². The van der Waals surface area contributed by atoms with Crippen LogP contribution in [-0.4, -0.2) is 40.6 Å². The lowest BCUT2D eigenvalue weighted by molar-refractivity contribution is -0.384. The van der Waals surface area contributed by atoms with Crippen LogP contribution in [0.1, 0.15) is 15.9 Å². The third kappa shape index (κ3) is 2.63. The van der Waals surface area contributed by atoms with Crippen LogP contribution in [0.2, 0.25) is 0 Å². The maximum absolute atomic E-state index is 12.2. The number of imide groups is 1. The highest BCUT2D eigenvalue weighted by Crippen LogP contribution is 2.18. The molecule has 1 heterocycles. The van der Waals surface area contributed by atoms with Crippen LogP contribution in [-0.2, 0) is 9.59 Å². The van der Waals surface area contributed by atoms with Gasteiger partial charge in [0.05, 0.1) is 4.92 Å². The molecule has 1 aromatic rings. The summed E-state index contributed by atoms with van der Waals surface area (Å²) in [6, 6.07) is 3.82. The molecule has 0 spiro atoms. The lowest BCUT2D eigenvalue weighted by Gasteiger charge is -2.25. The Morgan fingerprint density at radius 2 is 1.90 bits per heavy atom. The van der Waals surface area contributed by atoms with Gasteiger partial charge in [-0.2, -0.15) is 0 Å². The van der Waals surface area contributed by atoms with Crippen molar-refractivity contribution >= 4 is 23.4 Å². The first-order chi connectivity index (χ1) is 9.38. The Morgan fingerprint density at radius 3 is 2.40 bits per heavy atom. The Kier molecular flexibility index (Phi) is 3.47. The Bertz CT molecular complexity index is 610. The van der Waals surface area contributed by atoms with Crippen molar-refractivity contribution in [3.8, 4) is 0 Å². The highest BCUT2D eigenvalue weighted by molar-refractivity contribution is 6.06. The molecule has 8 heteroatoms. The van der Waals surface area contributed by atoms with Crippen molar-refractivity contribution in [1.82, 2.24) is 10.2 Å².